The summed E-state index contributed by atoms with van der Waals surface area (Å²) in [5, 5.41) is 9.75. The van der Waals surface area contributed by atoms with Gasteiger partial charge in [-0.15, -0.1) is 0 Å². The average molecular weight is 300 g/mol. The minimum Gasteiger partial charge on any atom is -0.394 e. The molecule has 1 aromatic rings. The van der Waals surface area contributed by atoms with E-state index < -0.39 is 0 Å². The summed E-state index contributed by atoms with van der Waals surface area (Å²) in [5.74, 6) is 1.58. The van der Waals surface area contributed by atoms with Gasteiger partial charge in [0.05, 0.1) is 19.3 Å². The van der Waals surface area contributed by atoms with E-state index >= 15 is 0 Å². The number of anilines is 1. The number of aromatic nitrogens is 2. The zero-order valence-electron chi connectivity index (χ0n) is 12.5. The summed E-state index contributed by atoms with van der Waals surface area (Å²) >= 11 is 6.26. The van der Waals surface area contributed by atoms with Gasteiger partial charge in [0.15, 0.2) is 0 Å². The fraction of sp³-hybridized carbons (Fsp3) is 0.714. The van der Waals surface area contributed by atoms with Crippen LogP contribution in [0.4, 0.5) is 5.82 Å². The normalized spacial score (nSPS) is 20.3. The van der Waals surface area contributed by atoms with E-state index in [1.54, 1.807) is 0 Å². The van der Waals surface area contributed by atoms with E-state index in [4.69, 9.17) is 16.3 Å². The zero-order chi connectivity index (χ0) is 14.9. The van der Waals surface area contributed by atoms with E-state index in [9.17, 15) is 5.11 Å². The Hall–Kier alpha value is -0.910. The Morgan fingerprint density at radius 1 is 1.40 bits per heavy atom. The molecule has 0 bridgehead atoms. The van der Waals surface area contributed by atoms with Gasteiger partial charge in [-0.3, -0.25) is 0 Å². The molecule has 0 spiro atoms. The summed E-state index contributed by atoms with van der Waals surface area (Å²) in [6.45, 7) is 10.1. The molecule has 0 aliphatic carbocycles. The smallest absolute Gasteiger partial charge is 0.137 e. The molecule has 1 saturated heterocycles. The Morgan fingerprint density at radius 3 is 2.70 bits per heavy atom. The van der Waals surface area contributed by atoms with E-state index in [1.807, 2.05) is 6.92 Å². The second kappa shape index (κ2) is 5.84. The fourth-order valence-electron chi connectivity index (χ4n) is 2.14. The van der Waals surface area contributed by atoms with Crippen molar-refractivity contribution in [3.63, 3.8) is 0 Å². The first-order chi connectivity index (χ1) is 9.32. The summed E-state index contributed by atoms with van der Waals surface area (Å²) < 4.78 is 5.48. The molecule has 1 aliphatic rings. The predicted octanol–water partition coefficient (Wildman–Crippen LogP) is 1.93. The van der Waals surface area contributed by atoms with E-state index in [-0.39, 0.29) is 18.1 Å². The van der Waals surface area contributed by atoms with Crippen molar-refractivity contribution in [2.45, 2.75) is 39.2 Å². The predicted molar refractivity (Wildman–Crippen MR) is 79.5 cm³/mol. The Kier molecular flexibility index (Phi) is 4.52. The first-order valence-electron chi connectivity index (χ1n) is 6.85. The number of ether oxygens (including phenoxy) is 1. The molecule has 0 amide bonds. The molecule has 1 unspecified atom stereocenters. The monoisotopic (exact) mass is 299 g/mol. The maximum absolute atomic E-state index is 9.25. The van der Waals surface area contributed by atoms with Crippen molar-refractivity contribution in [1.82, 2.24) is 9.97 Å². The molecule has 0 saturated carbocycles. The molecular weight excluding hydrogens is 278 g/mol. The van der Waals surface area contributed by atoms with Gasteiger partial charge in [-0.25, -0.2) is 9.97 Å². The molecule has 1 fully saturated rings. The number of hydrogen-bond donors (Lipinski definition) is 1. The Bertz CT molecular complexity index is 488. The minimum absolute atomic E-state index is 0.0144. The number of aliphatic hydroxyl groups is 1. The molecule has 0 aromatic carbocycles. The second-order valence-electron chi connectivity index (χ2n) is 6.16. The third kappa shape index (κ3) is 3.22. The van der Waals surface area contributed by atoms with Gasteiger partial charge >= 0.3 is 0 Å². The molecule has 1 aliphatic heterocycles. The number of aliphatic hydroxyl groups excluding tert-OH is 1. The van der Waals surface area contributed by atoms with Gasteiger partial charge in [0.1, 0.15) is 16.8 Å². The Morgan fingerprint density at radius 2 is 2.10 bits per heavy atom. The SMILES string of the molecule is Cc1c(Cl)nc(C(C)(C)C)nc1N1CCOC(CO)C1. The van der Waals surface area contributed by atoms with Gasteiger partial charge in [0.25, 0.3) is 0 Å². The maximum Gasteiger partial charge on any atom is 0.137 e. The second-order valence-corrected chi connectivity index (χ2v) is 6.52. The van der Waals surface area contributed by atoms with Gasteiger partial charge in [0, 0.05) is 24.1 Å². The summed E-state index contributed by atoms with van der Waals surface area (Å²) in [6, 6.07) is 0. The highest BCUT2D eigenvalue weighted by Crippen LogP contribution is 2.29. The van der Waals surface area contributed by atoms with Gasteiger partial charge in [-0.2, -0.15) is 0 Å². The highest BCUT2D eigenvalue weighted by Gasteiger charge is 2.26. The lowest BCUT2D eigenvalue weighted by Gasteiger charge is -2.34. The molecule has 112 valence electrons. The molecule has 0 radical (unpaired) electrons. The molecule has 20 heavy (non-hydrogen) atoms. The van der Waals surface area contributed by atoms with Crippen molar-refractivity contribution < 1.29 is 9.84 Å². The number of halogens is 1. The van der Waals surface area contributed by atoms with Crippen LogP contribution in [0.3, 0.4) is 0 Å². The maximum atomic E-state index is 9.25. The first kappa shape index (κ1) is 15.5. The molecule has 2 rings (SSSR count). The molecule has 5 nitrogen and oxygen atoms in total. The lowest BCUT2D eigenvalue weighted by Crippen LogP contribution is -2.45. The van der Waals surface area contributed by atoms with E-state index in [1.165, 1.54) is 0 Å². The highest BCUT2D eigenvalue weighted by atomic mass is 35.5. The zero-order valence-corrected chi connectivity index (χ0v) is 13.2. The Labute approximate surface area is 124 Å². The number of morpholine rings is 1. The average Bonchev–Trinajstić information content (AvgIpc) is 2.40. The van der Waals surface area contributed by atoms with E-state index in [2.05, 4.69) is 35.6 Å². The number of rotatable bonds is 2. The third-order valence-electron chi connectivity index (χ3n) is 3.37. The minimum atomic E-state index is -0.171. The summed E-state index contributed by atoms with van der Waals surface area (Å²) in [7, 11) is 0. The molecule has 2 heterocycles. The van der Waals surface area contributed by atoms with Gasteiger partial charge in [-0.1, -0.05) is 32.4 Å². The van der Waals surface area contributed by atoms with Crippen molar-refractivity contribution in [2.24, 2.45) is 0 Å². The lowest BCUT2D eigenvalue weighted by atomic mass is 9.95. The molecule has 6 heteroatoms. The first-order valence-corrected chi connectivity index (χ1v) is 7.22. The van der Waals surface area contributed by atoms with Crippen LogP contribution in [0, 0.1) is 6.92 Å². The third-order valence-corrected chi connectivity index (χ3v) is 3.74. The molecule has 1 atom stereocenters. The largest absolute Gasteiger partial charge is 0.394 e. The van der Waals surface area contributed by atoms with Crippen LogP contribution in [0.5, 0.6) is 0 Å². The van der Waals surface area contributed by atoms with Crippen LogP contribution in [0.2, 0.25) is 5.15 Å². The molecule has 1 N–H and O–H groups in total. The summed E-state index contributed by atoms with van der Waals surface area (Å²) in [6.07, 6.45) is -0.171. The lowest BCUT2D eigenvalue weighted by molar-refractivity contribution is 0.00331. The van der Waals surface area contributed by atoms with E-state index in [0.717, 1.165) is 23.8 Å². The Balaban J connectivity index is 2.37. The number of nitrogens with zero attached hydrogens (tertiary/aromatic N) is 3. The van der Waals surface area contributed by atoms with Gasteiger partial charge in [0.2, 0.25) is 0 Å². The van der Waals surface area contributed by atoms with Crippen LogP contribution in [-0.2, 0) is 10.2 Å². The fourth-order valence-corrected chi connectivity index (χ4v) is 2.31. The quantitative estimate of drug-likeness (QED) is 0.846. The van der Waals surface area contributed by atoms with E-state index in [0.29, 0.717) is 18.3 Å². The van der Waals surface area contributed by atoms with Crippen molar-refractivity contribution in [3.05, 3.63) is 16.5 Å². The van der Waals surface area contributed by atoms with Crippen molar-refractivity contribution in [3.8, 4) is 0 Å². The van der Waals surface area contributed by atoms with Gasteiger partial charge < -0.3 is 14.7 Å². The molecule has 1 aromatic heterocycles. The van der Waals surface area contributed by atoms with Crippen molar-refractivity contribution >= 4 is 17.4 Å². The van der Waals surface area contributed by atoms with Crippen molar-refractivity contribution in [2.75, 3.05) is 31.2 Å². The number of hydrogen-bond acceptors (Lipinski definition) is 5. The molecular formula is C14H22ClN3O2. The van der Waals surface area contributed by atoms with Gasteiger partial charge in [-0.05, 0) is 6.92 Å². The highest BCUT2D eigenvalue weighted by molar-refractivity contribution is 6.30. The summed E-state index contributed by atoms with van der Waals surface area (Å²) in [4.78, 5) is 11.2. The van der Waals surface area contributed by atoms with Crippen LogP contribution in [0.1, 0.15) is 32.2 Å². The van der Waals surface area contributed by atoms with Crippen LogP contribution in [-0.4, -0.2) is 47.5 Å². The van der Waals surface area contributed by atoms with Crippen LogP contribution in [0.25, 0.3) is 0 Å². The van der Waals surface area contributed by atoms with Crippen LogP contribution in [0.15, 0.2) is 0 Å². The van der Waals surface area contributed by atoms with Crippen LogP contribution < -0.4 is 4.90 Å². The van der Waals surface area contributed by atoms with Crippen LogP contribution >= 0.6 is 11.6 Å². The van der Waals surface area contributed by atoms with Crippen molar-refractivity contribution in [1.29, 1.82) is 0 Å². The summed E-state index contributed by atoms with van der Waals surface area (Å²) in [5.41, 5.74) is 0.715. The standard InChI is InChI=1S/C14H22ClN3O2/c1-9-11(15)16-13(14(2,3)4)17-12(9)18-5-6-20-10(7-18)8-19/h10,19H,5-8H2,1-4H3. The topological polar surface area (TPSA) is 58.5 Å².